The van der Waals surface area contributed by atoms with Gasteiger partial charge in [-0.3, -0.25) is 9.59 Å². The normalized spacial score (nSPS) is 14.4. The van der Waals surface area contributed by atoms with E-state index in [9.17, 15) is 19.2 Å². The molecule has 0 saturated heterocycles. The van der Waals surface area contributed by atoms with Gasteiger partial charge < -0.3 is 25.0 Å². The van der Waals surface area contributed by atoms with E-state index in [-0.39, 0.29) is 6.42 Å². The van der Waals surface area contributed by atoms with Crippen molar-refractivity contribution in [3.63, 3.8) is 0 Å². The fraction of sp³-hybridized carbons (Fsp3) is 0.543. The van der Waals surface area contributed by atoms with Gasteiger partial charge in [0.25, 0.3) is 0 Å². The lowest BCUT2D eigenvalue weighted by molar-refractivity contribution is -0.159. The summed E-state index contributed by atoms with van der Waals surface area (Å²) in [5.74, 6) is -1.55. The summed E-state index contributed by atoms with van der Waals surface area (Å²) < 4.78 is 11.1. The third-order valence-electron chi connectivity index (χ3n) is 7.18. The number of ether oxygens (including phenoxy) is 2. The molecule has 44 heavy (non-hydrogen) atoms. The zero-order chi connectivity index (χ0) is 33.4. The molecule has 0 bridgehead atoms. The molecular weight excluding hydrogens is 558 g/mol. The van der Waals surface area contributed by atoms with E-state index in [0.717, 1.165) is 16.7 Å². The quantitative estimate of drug-likeness (QED) is 0.304. The fourth-order valence-electron chi connectivity index (χ4n) is 4.72. The predicted octanol–water partition coefficient (Wildman–Crippen LogP) is 5.95. The molecule has 9 nitrogen and oxygen atoms in total. The fourth-order valence-corrected chi connectivity index (χ4v) is 4.72. The number of amides is 3. The Labute approximate surface area is 263 Å². The molecule has 0 aliphatic rings. The smallest absolute Gasteiger partial charge is 0.408 e. The van der Waals surface area contributed by atoms with Crippen LogP contribution in [0.25, 0.3) is 0 Å². The van der Waals surface area contributed by atoms with Gasteiger partial charge >= 0.3 is 12.1 Å². The van der Waals surface area contributed by atoms with Crippen molar-refractivity contribution >= 4 is 23.9 Å². The van der Waals surface area contributed by atoms with Crippen molar-refractivity contribution in [3.8, 4) is 0 Å². The van der Waals surface area contributed by atoms with Crippen LogP contribution in [-0.4, -0.2) is 58.1 Å². The molecule has 0 aromatic heterocycles. The van der Waals surface area contributed by atoms with Gasteiger partial charge in [-0.05, 0) is 97.9 Å². The van der Waals surface area contributed by atoms with Gasteiger partial charge in [0.1, 0.15) is 29.3 Å². The SMILES string of the molecule is CCC(C)N(C(=O)C(C)NC(=O)OC(C)(C)C)C(C(=O)NC(Cc1ccccc1)C(=O)OC(C)(C)C)c1cccc(C)c1C. The third-order valence-corrected chi connectivity index (χ3v) is 7.18. The molecule has 0 saturated carbocycles. The van der Waals surface area contributed by atoms with Crippen LogP contribution in [0.4, 0.5) is 4.79 Å². The van der Waals surface area contributed by atoms with Gasteiger partial charge in [-0.2, -0.15) is 0 Å². The molecule has 2 aromatic rings. The average Bonchev–Trinajstić information content (AvgIpc) is 2.90. The third kappa shape index (κ3) is 10.7. The Kier molecular flexibility index (Phi) is 12.6. The van der Waals surface area contributed by atoms with E-state index < -0.39 is 59.2 Å². The maximum atomic E-state index is 14.5. The average molecular weight is 610 g/mol. The summed E-state index contributed by atoms with van der Waals surface area (Å²) in [4.78, 5) is 56.1. The van der Waals surface area contributed by atoms with E-state index in [1.165, 1.54) is 4.90 Å². The number of rotatable bonds is 11. The van der Waals surface area contributed by atoms with Crippen LogP contribution in [0.1, 0.15) is 97.0 Å². The summed E-state index contributed by atoms with van der Waals surface area (Å²) in [6, 6.07) is 11.5. The first-order valence-corrected chi connectivity index (χ1v) is 15.3. The number of nitrogens with zero attached hydrogens (tertiary/aromatic N) is 1. The molecule has 0 fully saturated rings. The summed E-state index contributed by atoms with van der Waals surface area (Å²) in [6.07, 6.45) is 0.0107. The van der Waals surface area contributed by atoms with Crippen LogP contribution in [0.3, 0.4) is 0 Å². The van der Waals surface area contributed by atoms with Crippen molar-refractivity contribution in [1.29, 1.82) is 0 Å². The van der Waals surface area contributed by atoms with Crippen LogP contribution >= 0.6 is 0 Å². The number of alkyl carbamates (subject to hydrolysis) is 1. The van der Waals surface area contributed by atoms with E-state index in [1.807, 2.05) is 76.2 Å². The molecule has 2 rings (SSSR count). The predicted molar refractivity (Wildman–Crippen MR) is 172 cm³/mol. The van der Waals surface area contributed by atoms with Gasteiger partial charge in [0.05, 0.1) is 0 Å². The first-order chi connectivity index (χ1) is 20.3. The van der Waals surface area contributed by atoms with Gasteiger partial charge in [-0.1, -0.05) is 55.5 Å². The molecule has 4 atom stereocenters. The van der Waals surface area contributed by atoms with Gasteiger partial charge in [0.2, 0.25) is 11.8 Å². The van der Waals surface area contributed by atoms with Gasteiger partial charge in [0, 0.05) is 12.5 Å². The number of hydrogen-bond acceptors (Lipinski definition) is 6. The molecule has 3 amide bonds. The zero-order valence-corrected chi connectivity index (χ0v) is 28.2. The number of aryl methyl sites for hydroxylation is 1. The van der Waals surface area contributed by atoms with E-state index >= 15 is 0 Å². The van der Waals surface area contributed by atoms with Crippen molar-refractivity contribution in [2.75, 3.05) is 0 Å². The van der Waals surface area contributed by atoms with E-state index in [1.54, 1.807) is 48.5 Å². The van der Waals surface area contributed by atoms with Crippen LogP contribution in [0.5, 0.6) is 0 Å². The van der Waals surface area contributed by atoms with Crippen molar-refractivity contribution in [1.82, 2.24) is 15.5 Å². The highest BCUT2D eigenvalue weighted by atomic mass is 16.6. The first-order valence-electron chi connectivity index (χ1n) is 15.3. The standard InChI is InChI=1S/C35H51N3O6/c1-12-23(3)38(31(40)25(5)36-33(42)44-35(9,10)11)29(27-20-16-17-22(2)24(27)4)30(39)37-28(32(41)43-34(6,7)8)21-26-18-14-13-15-19-26/h13-20,23,25,28-29H,12,21H2,1-11H3,(H,36,42)(H,37,39). The maximum absolute atomic E-state index is 14.5. The number of nitrogens with one attached hydrogen (secondary N) is 2. The molecule has 0 aliphatic heterocycles. The molecule has 9 heteroatoms. The molecule has 0 heterocycles. The minimum Gasteiger partial charge on any atom is -0.458 e. The number of benzene rings is 2. The number of hydrogen-bond donors (Lipinski definition) is 2. The number of esters is 1. The summed E-state index contributed by atoms with van der Waals surface area (Å²) in [6.45, 7) is 19.7. The molecule has 2 N–H and O–H groups in total. The highest BCUT2D eigenvalue weighted by Gasteiger charge is 2.39. The highest BCUT2D eigenvalue weighted by molar-refractivity contribution is 5.94. The van der Waals surface area contributed by atoms with Crippen LogP contribution in [-0.2, 0) is 30.3 Å². The number of carbonyl (C=O) groups is 4. The van der Waals surface area contributed by atoms with Crippen LogP contribution in [0.15, 0.2) is 48.5 Å². The Bertz CT molecular complexity index is 1300. The van der Waals surface area contributed by atoms with Crippen molar-refractivity contribution < 1.29 is 28.7 Å². The summed E-state index contributed by atoms with van der Waals surface area (Å²) in [5.41, 5.74) is 1.74. The highest BCUT2D eigenvalue weighted by Crippen LogP contribution is 2.30. The molecule has 0 aliphatic carbocycles. The van der Waals surface area contributed by atoms with Crippen LogP contribution in [0.2, 0.25) is 0 Å². The Balaban J connectivity index is 2.60. The van der Waals surface area contributed by atoms with Crippen molar-refractivity contribution in [2.24, 2.45) is 0 Å². The number of carbonyl (C=O) groups excluding carboxylic acids is 4. The molecule has 2 aromatic carbocycles. The first kappa shape index (κ1) is 36.3. The summed E-state index contributed by atoms with van der Waals surface area (Å²) in [7, 11) is 0. The van der Waals surface area contributed by atoms with E-state index in [2.05, 4.69) is 10.6 Å². The molecule has 0 radical (unpaired) electrons. The van der Waals surface area contributed by atoms with Gasteiger partial charge in [-0.15, -0.1) is 0 Å². The second kappa shape index (κ2) is 15.2. The second-order valence-corrected chi connectivity index (χ2v) is 13.3. The minimum atomic E-state index is -1.10. The van der Waals surface area contributed by atoms with Crippen LogP contribution in [0, 0.1) is 13.8 Å². The van der Waals surface area contributed by atoms with E-state index in [0.29, 0.717) is 12.0 Å². The van der Waals surface area contributed by atoms with Crippen molar-refractivity contribution in [2.45, 2.75) is 124 Å². The van der Waals surface area contributed by atoms with Crippen LogP contribution < -0.4 is 10.6 Å². The Hall–Kier alpha value is -3.88. The van der Waals surface area contributed by atoms with Gasteiger partial charge in [-0.25, -0.2) is 9.59 Å². The summed E-state index contributed by atoms with van der Waals surface area (Å²) in [5, 5.41) is 5.56. The summed E-state index contributed by atoms with van der Waals surface area (Å²) >= 11 is 0. The Morgan fingerprint density at radius 2 is 1.41 bits per heavy atom. The molecule has 242 valence electrons. The molecular formula is C35H51N3O6. The largest absolute Gasteiger partial charge is 0.458 e. The minimum absolute atomic E-state index is 0.203. The molecule has 4 unspecified atom stereocenters. The lowest BCUT2D eigenvalue weighted by atomic mass is 9.93. The lowest BCUT2D eigenvalue weighted by Crippen LogP contribution is -2.56. The lowest BCUT2D eigenvalue weighted by Gasteiger charge is -2.39. The van der Waals surface area contributed by atoms with Crippen molar-refractivity contribution in [3.05, 3.63) is 70.8 Å². The Morgan fingerprint density at radius 1 is 0.818 bits per heavy atom. The van der Waals surface area contributed by atoms with Gasteiger partial charge in [0.15, 0.2) is 0 Å². The second-order valence-electron chi connectivity index (χ2n) is 13.3. The maximum Gasteiger partial charge on any atom is 0.408 e. The van der Waals surface area contributed by atoms with E-state index in [4.69, 9.17) is 9.47 Å². The monoisotopic (exact) mass is 609 g/mol. The Morgan fingerprint density at radius 3 is 1.95 bits per heavy atom. The topological polar surface area (TPSA) is 114 Å². The zero-order valence-electron chi connectivity index (χ0n) is 28.2. The molecule has 0 spiro atoms.